The second kappa shape index (κ2) is 6.75. The minimum atomic E-state index is 0.763. The molecule has 1 N–H and O–H groups in total. The lowest BCUT2D eigenvalue weighted by atomic mass is 10.1. The van der Waals surface area contributed by atoms with Gasteiger partial charge < -0.3 is 5.32 Å². The lowest BCUT2D eigenvalue weighted by Gasteiger charge is -2.37. The highest BCUT2D eigenvalue weighted by atomic mass is 79.9. The molecule has 110 valence electrons. The summed E-state index contributed by atoms with van der Waals surface area (Å²) in [5, 5.41) is 4.25. The Morgan fingerprint density at radius 3 is 2.70 bits per heavy atom. The van der Waals surface area contributed by atoms with Crippen LogP contribution in [0.15, 0.2) is 22.7 Å². The smallest absolute Gasteiger partial charge is 0.0417 e. The number of hydrogen-bond acceptors (Lipinski definition) is 3. The fraction of sp³-hybridized carbons (Fsp3) is 0.600. The number of hydrogen-bond donors (Lipinski definition) is 1. The Hall–Kier alpha value is -0.130. The number of rotatable bonds is 3. The van der Waals surface area contributed by atoms with E-state index in [0.717, 1.165) is 35.2 Å². The standard InChI is InChI=1S/C15H21BrClN3/c16-15-9-13(17)2-1-12(15)11-19-5-7-20(8-6-19)14-3-4-18-10-14/h1-2,9,14,18H,3-8,10-11H2. The van der Waals surface area contributed by atoms with Gasteiger partial charge in [-0.05, 0) is 30.7 Å². The average molecular weight is 359 g/mol. The third-order valence-electron chi connectivity index (χ3n) is 4.37. The molecule has 3 rings (SSSR count). The highest BCUT2D eigenvalue weighted by Crippen LogP contribution is 2.23. The summed E-state index contributed by atoms with van der Waals surface area (Å²) in [5.74, 6) is 0. The molecule has 0 aliphatic carbocycles. The van der Waals surface area contributed by atoms with E-state index in [1.807, 2.05) is 12.1 Å². The second-order valence-corrected chi connectivity index (χ2v) is 6.99. The minimum absolute atomic E-state index is 0.763. The van der Waals surface area contributed by atoms with Gasteiger partial charge in [-0.3, -0.25) is 9.80 Å². The number of nitrogens with one attached hydrogen (secondary N) is 1. The van der Waals surface area contributed by atoms with Gasteiger partial charge in [0.2, 0.25) is 0 Å². The molecule has 2 saturated heterocycles. The molecule has 2 fully saturated rings. The van der Waals surface area contributed by atoms with Crippen molar-refractivity contribution in [3.8, 4) is 0 Å². The zero-order valence-electron chi connectivity index (χ0n) is 11.6. The zero-order chi connectivity index (χ0) is 13.9. The minimum Gasteiger partial charge on any atom is -0.315 e. The summed E-state index contributed by atoms with van der Waals surface area (Å²) >= 11 is 9.61. The van der Waals surface area contributed by atoms with E-state index in [1.54, 1.807) is 0 Å². The Morgan fingerprint density at radius 1 is 1.25 bits per heavy atom. The largest absolute Gasteiger partial charge is 0.315 e. The fourth-order valence-electron chi connectivity index (χ4n) is 3.13. The van der Waals surface area contributed by atoms with Gasteiger partial charge >= 0.3 is 0 Å². The lowest BCUT2D eigenvalue weighted by molar-refractivity contribution is 0.0980. The molecule has 0 amide bonds. The third-order valence-corrected chi connectivity index (χ3v) is 5.34. The Kier molecular flexibility index (Phi) is 5.00. The van der Waals surface area contributed by atoms with Crippen LogP contribution in [0.1, 0.15) is 12.0 Å². The Bertz CT molecular complexity index is 454. The highest BCUT2D eigenvalue weighted by molar-refractivity contribution is 9.10. The van der Waals surface area contributed by atoms with Crippen molar-refractivity contribution in [3.63, 3.8) is 0 Å². The van der Waals surface area contributed by atoms with Crippen LogP contribution in [0, 0.1) is 0 Å². The molecule has 0 aromatic heterocycles. The monoisotopic (exact) mass is 357 g/mol. The zero-order valence-corrected chi connectivity index (χ0v) is 14.0. The molecular weight excluding hydrogens is 338 g/mol. The van der Waals surface area contributed by atoms with Crippen molar-refractivity contribution < 1.29 is 0 Å². The maximum Gasteiger partial charge on any atom is 0.0417 e. The van der Waals surface area contributed by atoms with Crippen molar-refractivity contribution in [2.45, 2.75) is 19.0 Å². The van der Waals surface area contributed by atoms with Crippen LogP contribution >= 0.6 is 27.5 Å². The molecule has 0 saturated carbocycles. The van der Waals surface area contributed by atoms with Crippen LogP contribution in [0.25, 0.3) is 0 Å². The normalized spacial score (nSPS) is 25.2. The van der Waals surface area contributed by atoms with E-state index in [9.17, 15) is 0 Å². The molecule has 0 radical (unpaired) electrons. The van der Waals surface area contributed by atoms with Gasteiger partial charge in [-0.15, -0.1) is 0 Å². The van der Waals surface area contributed by atoms with Crippen LogP contribution in [-0.2, 0) is 6.54 Å². The van der Waals surface area contributed by atoms with E-state index in [2.05, 4.69) is 37.1 Å². The molecular formula is C15H21BrClN3. The molecule has 3 nitrogen and oxygen atoms in total. The predicted octanol–water partition coefficient (Wildman–Crippen LogP) is 2.58. The first-order chi connectivity index (χ1) is 9.72. The number of halogens is 2. The van der Waals surface area contributed by atoms with Crippen molar-refractivity contribution in [1.82, 2.24) is 15.1 Å². The fourth-order valence-corrected chi connectivity index (χ4v) is 3.94. The van der Waals surface area contributed by atoms with Gasteiger partial charge in [0.1, 0.15) is 0 Å². The first-order valence-corrected chi connectivity index (χ1v) is 8.50. The van der Waals surface area contributed by atoms with Gasteiger partial charge in [0, 0.05) is 54.8 Å². The van der Waals surface area contributed by atoms with E-state index in [4.69, 9.17) is 11.6 Å². The van der Waals surface area contributed by atoms with Crippen LogP contribution in [0.5, 0.6) is 0 Å². The molecule has 1 aromatic carbocycles. The van der Waals surface area contributed by atoms with Gasteiger partial charge in [-0.1, -0.05) is 33.6 Å². The van der Waals surface area contributed by atoms with Crippen LogP contribution in [0.2, 0.25) is 5.02 Å². The molecule has 0 spiro atoms. The molecule has 5 heteroatoms. The van der Waals surface area contributed by atoms with Gasteiger partial charge in [0.25, 0.3) is 0 Å². The molecule has 1 unspecified atom stereocenters. The van der Waals surface area contributed by atoms with Gasteiger partial charge in [-0.2, -0.15) is 0 Å². The summed E-state index contributed by atoms with van der Waals surface area (Å²) in [5.41, 5.74) is 1.32. The number of nitrogens with zero attached hydrogens (tertiary/aromatic N) is 2. The molecule has 0 bridgehead atoms. The average Bonchev–Trinajstić information content (AvgIpc) is 2.97. The highest BCUT2D eigenvalue weighted by Gasteiger charge is 2.26. The number of benzene rings is 1. The predicted molar refractivity (Wildman–Crippen MR) is 87.3 cm³/mol. The summed E-state index contributed by atoms with van der Waals surface area (Å²) in [6.07, 6.45) is 1.31. The first kappa shape index (κ1) is 14.8. The van der Waals surface area contributed by atoms with E-state index in [-0.39, 0.29) is 0 Å². The molecule has 1 aromatic rings. The van der Waals surface area contributed by atoms with Crippen molar-refractivity contribution in [2.75, 3.05) is 39.3 Å². The van der Waals surface area contributed by atoms with Crippen molar-refractivity contribution in [1.29, 1.82) is 0 Å². The summed E-state index contributed by atoms with van der Waals surface area (Å²) < 4.78 is 1.12. The van der Waals surface area contributed by atoms with Crippen molar-refractivity contribution in [2.24, 2.45) is 0 Å². The van der Waals surface area contributed by atoms with Crippen molar-refractivity contribution in [3.05, 3.63) is 33.3 Å². The van der Waals surface area contributed by atoms with Crippen molar-refractivity contribution >= 4 is 27.5 Å². The summed E-state index contributed by atoms with van der Waals surface area (Å²) in [7, 11) is 0. The van der Waals surface area contributed by atoms with Gasteiger partial charge in [0.05, 0.1) is 0 Å². The SMILES string of the molecule is Clc1ccc(CN2CCN(C3CCNC3)CC2)c(Br)c1. The van der Waals surface area contributed by atoms with Crippen LogP contribution in [0.4, 0.5) is 0 Å². The summed E-state index contributed by atoms with van der Waals surface area (Å²) in [6, 6.07) is 6.85. The van der Waals surface area contributed by atoms with Gasteiger partial charge in [-0.25, -0.2) is 0 Å². The topological polar surface area (TPSA) is 18.5 Å². The molecule has 20 heavy (non-hydrogen) atoms. The van der Waals surface area contributed by atoms with E-state index in [1.165, 1.54) is 38.2 Å². The molecule has 1 atom stereocenters. The lowest BCUT2D eigenvalue weighted by Crippen LogP contribution is -2.50. The molecule has 2 aliphatic rings. The van der Waals surface area contributed by atoms with E-state index < -0.39 is 0 Å². The van der Waals surface area contributed by atoms with Crippen LogP contribution in [0.3, 0.4) is 0 Å². The van der Waals surface area contributed by atoms with Crippen LogP contribution < -0.4 is 5.32 Å². The quantitative estimate of drug-likeness (QED) is 0.896. The first-order valence-electron chi connectivity index (χ1n) is 7.33. The Balaban J connectivity index is 1.53. The second-order valence-electron chi connectivity index (χ2n) is 5.69. The number of piperazine rings is 1. The maximum atomic E-state index is 6.00. The Morgan fingerprint density at radius 2 is 2.05 bits per heavy atom. The molecule has 2 heterocycles. The Labute approximate surface area is 134 Å². The maximum absolute atomic E-state index is 6.00. The van der Waals surface area contributed by atoms with Gasteiger partial charge in [0.15, 0.2) is 0 Å². The summed E-state index contributed by atoms with van der Waals surface area (Å²) in [6.45, 7) is 8.06. The third kappa shape index (κ3) is 3.55. The van der Waals surface area contributed by atoms with E-state index >= 15 is 0 Å². The van der Waals surface area contributed by atoms with Crippen LogP contribution in [-0.4, -0.2) is 55.1 Å². The molecule has 2 aliphatic heterocycles. The van der Waals surface area contributed by atoms with E-state index in [0.29, 0.717) is 0 Å². The summed E-state index contributed by atoms with van der Waals surface area (Å²) in [4.78, 5) is 5.18.